The molecule has 1 aromatic carbocycles. The molecule has 0 aliphatic carbocycles. The second kappa shape index (κ2) is 10.4. The third-order valence-electron chi connectivity index (χ3n) is 5.60. The van der Waals surface area contributed by atoms with Gasteiger partial charge >= 0.3 is 23.9 Å². The SMILES string of the molecule is BCc1c(CB)c(CB)c(C(=O)OC(CS(=O)(=O)O)(C(F)(F)F)C(F)(F)F)c(CB)c1CB. The van der Waals surface area contributed by atoms with Gasteiger partial charge in [0.05, 0.1) is 5.56 Å². The van der Waals surface area contributed by atoms with E-state index in [0.717, 1.165) is 5.56 Å². The van der Waals surface area contributed by atoms with Crippen LogP contribution in [0, 0.1) is 0 Å². The lowest BCUT2D eigenvalue weighted by Crippen LogP contribution is -2.63. The van der Waals surface area contributed by atoms with Gasteiger partial charge in [-0.25, -0.2) is 4.79 Å². The summed E-state index contributed by atoms with van der Waals surface area (Å²) in [6.07, 6.45) is -11.2. The smallest absolute Gasteiger partial charge is 0.435 e. The third kappa shape index (κ3) is 5.78. The van der Waals surface area contributed by atoms with Gasteiger partial charge in [-0.15, -0.1) is 0 Å². The Hall–Kier alpha value is -1.50. The van der Waals surface area contributed by atoms with E-state index >= 15 is 0 Å². The van der Waals surface area contributed by atoms with Crippen molar-refractivity contribution in [2.45, 2.75) is 49.6 Å². The molecule has 0 bridgehead atoms. The van der Waals surface area contributed by atoms with Crippen LogP contribution in [-0.4, -0.2) is 81.9 Å². The van der Waals surface area contributed by atoms with E-state index in [1.54, 1.807) is 31.4 Å². The van der Waals surface area contributed by atoms with Gasteiger partial charge in [0.1, 0.15) is 45.0 Å². The Kier molecular flexibility index (Phi) is 9.32. The minimum Gasteiger partial charge on any atom is -0.435 e. The summed E-state index contributed by atoms with van der Waals surface area (Å²) in [5.41, 5.74) is -3.18. The predicted octanol–water partition coefficient (Wildman–Crippen LogP) is -1.74. The maximum atomic E-state index is 13.7. The molecule has 0 spiro atoms. The van der Waals surface area contributed by atoms with Crippen molar-refractivity contribution in [1.82, 2.24) is 0 Å². The molecular formula is C16H23B5F6O5S. The van der Waals surface area contributed by atoms with E-state index in [1.165, 1.54) is 0 Å². The normalized spacial score (nSPS) is 13.2. The number of carbonyl (C=O) groups is 1. The summed E-state index contributed by atoms with van der Waals surface area (Å²) in [6, 6.07) is 0. The molecule has 0 saturated carbocycles. The number of ether oxygens (including phenoxy) is 1. The van der Waals surface area contributed by atoms with Gasteiger partial charge in [-0.1, -0.05) is 37.2 Å². The number of rotatable bonds is 9. The second-order valence-corrected chi connectivity index (χ2v) is 8.93. The van der Waals surface area contributed by atoms with Gasteiger partial charge in [0.25, 0.3) is 10.1 Å². The average Bonchev–Trinajstić information content (AvgIpc) is 2.67. The van der Waals surface area contributed by atoms with E-state index in [-0.39, 0.29) is 23.8 Å². The summed E-state index contributed by atoms with van der Waals surface area (Å²) >= 11 is 0. The molecule has 1 aromatic rings. The number of carbonyl (C=O) groups excluding carboxylic acids is 1. The quantitative estimate of drug-likeness (QED) is 0.191. The van der Waals surface area contributed by atoms with Crippen molar-refractivity contribution in [3.8, 4) is 0 Å². The lowest BCUT2D eigenvalue weighted by atomic mass is 9.70. The van der Waals surface area contributed by atoms with Crippen LogP contribution in [0.1, 0.15) is 38.2 Å². The van der Waals surface area contributed by atoms with Gasteiger partial charge in [0.15, 0.2) is 0 Å². The zero-order valence-electron chi connectivity index (χ0n) is 19.0. The highest BCUT2D eigenvalue weighted by atomic mass is 32.2. The van der Waals surface area contributed by atoms with Crippen molar-refractivity contribution in [2.75, 3.05) is 5.75 Å². The van der Waals surface area contributed by atoms with Crippen LogP contribution in [-0.2, 0) is 46.5 Å². The first kappa shape index (κ1) is 29.5. The van der Waals surface area contributed by atoms with Crippen molar-refractivity contribution >= 4 is 55.3 Å². The maximum absolute atomic E-state index is 13.7. The average molecular weight is 495 g/mol. The van der Waals surface area contributed by atoms with E-state index in [0.29, 0.717) is 30.1 Å². The molecule has 1 rings (SSSR count). The molecule has 0 saturated heterocycles. The number of hydrogen-bond donors (Lipinski definition) is 1. The molecule has 0 heterocycles. The summed E-state index contributed by atoms with van der Waals surface area (Å²) in [7, 11) is 2.71. The van der Waals surface area contributed by atoms with Gasteiger partial charge < -0.3 is 4.74 Å². The largest absolute Gasteiger partial charge is 0.438 e. The lowest BCUT2D eigenvalue weighted by molar-refractivity contribution is -0.356. The van der Waals surface area contributed by atoms with Crippen LogP contribution in [0.2, 0.25) is 0 Å². The van der Waals surface area contributed by atoms with Crippen LogP contribution < -0.4 is 0 Å². The second-order valence-electron chi connectivity index (χ2n) is 7.47. The minimum atomic E-state index is -6.38. The van der Waals surface area contributed by atoms with Crippen LogP contribution in [0.3, 0.4) is 0 Å². The Balaban J connectivity index is 4.02. The zero-order valence-corrected chi connectivity index (χ0v) is 19.8. The van der Waals surface area contributed by atoms with Gasteiger partial charge in [0.2, 0.25) is 0 Å². The molecule has 180 valence electrons. The molecular weight excluding hydrogens is 472 g/mol. The fraction of sp³-hybridized carbons (Fsp3) is 0.562. The number of benzene rings is 1. The van der Waals surface area contributed by atoms with Gasteiger partial charge in [0, 0.05) is 0 Å². The third-order valence-corrected chi connectivity index (χ3v) is 6.37. The Bertz CT molecular complexity index is 950. The van der Waals surface area contributed by atoms with E-state index < -0.39 is 45.4 Å². The van der Waals surface area contributed by atoms with Crippen LogP contribution in [0.5, 0.6) is 0 Å². The molecule has 0 aromatic heterocycles. The highest BCUT2D eigenvalue weighted by Crippen LogP contribution is 2.47. The molecule has 0 fully saturated rings. The van der Waals surface area contributed by atoms with E-state index in [4.69, 9.17) is 4.55 Å². The lowest BCUT2D eigenvalue weighted by Gasteiger charge is -2.36. The van der Waals surface area contributed by atoms with Crippen LogP contribution in [0.25, 0.3) is 0 Å². The summed E-state index contributed by atoms with van der Waals surface area (Å²) in [5, 5.41) is 0. The van der Waals surface area contributed by atoms with Crippen LogP contribution >= 0.6 is 0 Å². The molecule has 33 heavy (non-hydrogen) atoms. The fourth-order valence-corrected chi connectivity index (χ4v) is 5.17. The first-order chi connectivity index (χ1) is 15.0. The predicted molar refractivity (Wildman–Crippen MR) is 124 cm³/mol. The highest BCUT2D eigenvalue weighted by Gasteiger charge is 2.76. The van der Waals surface area contributed by atoms with E-state index in [9.17, 15) is 39.6 Å². The van der Waals surface area contributed by atoms with Crippen molar-refractivity contribution in [2.24, 2.45) is 0 Å². The summed E-state index contributed by atoms with van der Waals surface area (Å²) in [5.74, 6) is -4.84. The number of esters is 1. The van der Waals surface area contributed by atoms with E-state index in [2.05, 4.69) is 4.74 Å². The van der Waals surface area contributed by atoms with Gasteiger partial charge in [-0.3, -0.25) is 4.55 Å². The van der Waals surface area contributed by atoms with Crippen molar-refractivity contribution in [3.63, 3.8) is 0 Å². The Morgan fingerprint density at radius 2 is 1.03 bits per heavy atom. The standard InChI is InChI=1S/C16H23B5F6O5S/c17-1-7-8(2-18)10(4-20)12(11(5-21)9(7)3-19)13(28)32-14(15(22,23)24,16(25,26)27)6-33(29,30)31/h1-6,17-21H2,(H,29,30,31). The minimum absolute atomic E-state index is 0.126. The number of hydrogen-bond acceptors (Lipinski definition) is 4. The summed E-state index contributed by atoms with van der Waals surface area (Å²) in [6.45, 7) is 0. The van der Waals surface area contributed by atoms with Gasteiger partial charge in [-0.2, -0.15) is 34.8 Å². The Labute approximate surface area is 193 Å². The molecule has 17 heteroatoms. The maximum Gasteiger partial charge on any atom is 0.438 e. The zero-order chi connectivity index (χ0) is 26.0. The van der Waals surface area contributed by atoms with E-state index in [1.807, 2.05) is 7.85 Å². The topological polar surface area (TPSA) is 80.7 Å². The van der Waals surface area contributed by atoms with Crippen molar-refractivity contribution < 1.29 is 48.8 Å². The Morgan fingerprint density at radius 3 is 1.27 bits per heavy atom. The van der Waals surface area contributed by atoms with Gasteiger partial charge in [-0.05, 0) is 22.3 Å². The molecule has 0 radical (unpaired) electrons. The molecule has 0 amide bonds. The molecule has 0 aliphatic heterocycles. The monoisotopic (exact) mass is 496 g/mol. The van der Waals surface area contributed by atoms with Crippen molar-refractivity contribution in [1.29, 1.82) is 0 Å². The van der Waals surface area contributed by atoms with Crippen molar-refractivity contribution in [3.05, 3.63) is 33.4 Å². The first-order valence-corrected chi connectivity index (χ1v) is 12.1. The molecule has 0 atom stereocenters. The molecule has 1 N–H and O–H groups in total. The molecule has 5 nitrogen and oxygen atoms in total. The van der Waals surface area contributed by atoms with Crippen LogP contribution in [0.15, 0.2) is 0 Å². The summed E-state index contributed by atoms with van der Waals surface area (Å²) in [4.78, 5) is 13.0. The number of halogens is 6. The van der Waals surface area contributed by atoms with Crippen LogP contribution in [0.4, 0.5) is 26.3 Å². The summed E-state index contributed by atoms with van der Waals surface area (Å²) < 4.78 is 117. The fourth-order valence-electron chi connectivity index (χ4n) is 4.27. The molecule has 0 unspecified atom stereocenters. The molecule has 0 aliphatic rings. The highest BCUT2D eigenvalue weighted by molar-refractivity contribution is 7.85. The first-order valence-electron chi connectivity index (χ1n) is 10.5. The Morgan fingerprint density at radius 1 is 0.727 bits per heavy atom. The number of alkyl halides is 6.